The van der Waals surface area contributed by atoms with E-state index in [-0.39, 0.29) is 28.0 Å². The van der Waals surface area contributed by atoms with Gasteiger partial charge in [0.25, 0.3) is 0 Å². The molecular formula is C53H41F6N3. The maximum Gasteiger partial charge on any atom is 0.416 e. The van der Waals surface area contributed by atoms with Crippen LogP contribution in [0.15, 0.2) is 140 Å². The number of benzene rings is 7. The van der Waals surface area contributed by atoms with E-state index in [2.05, 4.69) is 88.6 Å². The van der Waals surface area contributed by atoms with Crippen molar-refractivity contribution in [3.8, 4) is 39.7 Å². The van der Waals surface area contributed by atoms with E-state index in [0.29, 0.717) is 28.1 Å². The number of para-hydroxylation sites is 2. The molecule has 0 aliphatic carbocycles. The minimum absolute atomic E-state index is 0.129. The number of nitriles is 1. The molecular weight excluding hydrogens is 793 g/mol. The summed E-state index contributed by atoms with van der Waals surface area (Å²) in [6, 6.07) is 43.0. The molecule has 2 aromatic heterocycles. The Balaban J connectivity index is 1.41. The number of halogens is 6. The van der Waals surface area contributed by atoms with Crippen molar-refractivity contribution in [2.45, 2.75) is 64.7 Å². The normalized spacial score (nSPS) is 12.8. The van der Waals surface area contributed by atoms with Crippen LogP contribution in [0, 0.1) is 11.3 Å². The molecule has 0 unspecified atom stereocenters. The lowest BCUT2D eigenvalue weighted by Gasteiger charge is -2.21. The molecule has 2 heterocycles. The first-order valence-electron chi connectivity index (χ1n) is 20.3. The maximum atomic E-state index is 14.3. The van der Waals surface area contributed by atoms with Crippen LogP contribution in [0.1, 0.15) is 69.4 Å². The summed E-state index contributed by atoms with van der Waals surface area (Å²) in [6.07, 6.45) is -10.0. The van der Waals surface area contributed by atoms with Gasteiger partial charge in [-0.05, 0) is 106 Å². The smallest absolute Gasteiger partial charge is 0.309 e. The number of fused-ring (bicyclic) bond motifs is 6. The predicted molar refractivity (Wildman–Crippen MR) is 238 cm³/mol. The maximum absolute atomic E-state index is 14.3. The minimum Gasteiger partial charge on any atom is -0.309 e. The molecule has 0 amide bonds. The number of alkyl halides is 6. The first kappa shape index (κ1) is 40.6. The van der Waals surface area contributed by atoms with Gasteiger partial charge in [-0.1, -0.05) is 108 Å². The van der Waals surface area contributed by atoms with Gasteiger partial charge in [-0.3, -0.25) is 0 Å². The number of rotatable bonds is 4. The highest BCUT2D eigenvalue weighted by molar-refractivity contribution is 6.12. The van der Waals surface area contributed by atoms with E-state index in [1.54, 1.807) is 24.3 Å². The lowest BCUT2D eigenvalue weighted by Crippen LogP contribution is -2.11. The molecule has 0 bridgehead atoms. The zero-order valence-electron chi connectivity index (χ0n) is 34.9. The molecule has 0 atom stereocenters. The second-order valence-electron chi connectivity index (χ2n) is 18.0. The van der Waals surface area contributed by atoms with Gasteiger partial charge in [0.1, 0.15) is 0 Å². The van der Waals surface area contributed by atoms with E-state index in [1.165, 1.54) is 0 Å². The fraction of sp³-hybridized carbons (Fsp3) is 0.189. The largest absolute Gasteiger partial charge is 0.416 e. The molecule has 0 aliphatic heterocycles. The summed E-state index contributed by atoms with van der Waals surface area (Å²) in [6.45, 7) is 12.9. The second kappa shape index (κ2) is 14.1. The lowest BCUT2D eigenvalue weighted by atomic mass is 9.86. The standard InChI is InChI=1S/C53H41F6N3/c1-50(2,3)34-17-21-46-42(28-34)38-11-7-9-13-44(38)61(46)48-23-31(30-60)15-19-40(48)41-20-16-32(33-24-36(52(54,55)56)27-37(25-33)53(57,58)59)26-49(41)62-45-14-10-8-12-39(45)43-29-35(51(4,5)6)18-22-47(43)62/h7-29H,1-6H3. The number of aromatic nitrogens is 2. The number of hydrogen-bond donors (Lipinski definition) is 0. The van der Waals surface area contributed by atoms with Crippen LogP contribution >= 0.6 is 0 Å². The fourth-order valence-corrected chi connectivity index (χ4v) is 8.66. The molecule has 3 nitrogen and oxygen atoms in total. The van der Waals surface area contributed by atoms with E-state index in [1.807, 2.05) is 65.2 Å². The minimum atomic E-state index is -5.02. The Hall–Kier alpha value is -6.79. The van der Waals surface area contributed by atoms with Gasteiger partial charge in [0, 0.05) is 32.7 Å². The van der Waals surface area contributed by atoms with E-state index >= 15 is 0 Å². The zero-order chi connectivity index (χ0) is 44.1. The number of hydrogen-bond acceptors (Lipinski definition) is 1. The molecule has 0 radical (unpaired) electrons. The average Bonchev–Trinajstić information content (AvgIpc) is 3.74. The van der Waals surface area contributed by atoms with Crippen LogP contribution in [-0.2, 0) is 23.2 Å². The molecule has 9 aromatic rings. The Bertz CT molecular complexity index is 3270. The Morgan fingerprint density at radius 1 is 0.403 bits per heavy atom. The average molecular weight is 834 g/mol. The molecule has 310 valence electrons. The van der Waals surface area contributed by atoms with Crippen LogP contribution in [0.3, 0.4) is 0 Å². The van der Waals surface area contributed by atoms with Gasteiger partial charge in [0.2, 0.25) is 0 Å². The van der Waals surface area contributed by atoms with Crippen molar-refractivity contribution in [2.75, 3.05) is 0 Å². The highest BCUT2D eigenvalue weighted by Crippen LogP contribution is 2.45. The highest BCUT2D eigenvalue weighted by atomic mass is 19.4. The third-order valence-corrected chi connectivity index (χ3v) is 11.9. The van der Waals surface area contributed by atoms with Gasteiger partial charge < -0.3 is 9.13 Å². The molecule has 0 fully saturated rings. The van der Waals surface area contributed by atoms with Gasteiger partial charge in [0.15, 0.2) is 0 Å². The van der Waals surface area contributed by atoms with Crippen molar-refractivity contribution in [3.63, 3.8) is 0 Å². The molecule has 0 saturated heterocycles. The second-order valence-corrected chi connectivity index (χ2v) is 18.0. The fourth-order valence-electron chi connectivity index (χ4n) is 8.66. The molecule has 9 heteroatoms. The van der Waals surface area contributed by atoms with Crippen LogP contribution in [-0.4, -0.2) is 9.13 Å². The third-order valence-electron chi connectivity index (χ3n) is 11.9. The zero-order valence-corrected chi connectivity index (χ0v) is 34.9. The molecule has 62 heavy (non-hydrogen) atoms. The summed E-state index contributed by atoms with van der Waals surface area (Å²) < 4.78 is 89.7. The Kier molecular flexibility index (Phi) is 9.26. The summed E-state index contributed by atoms with van der Waals surface area (Å²) in [5.41, 5.74) is 5.48. The third kappa shape index (κ3) is 6.88. The molecule has 0 N–H and O–H groups in total. The van der Waals surface area contributed by atoms with Crippen LogP contribution in [0.25, 0.3) is 77.2 Å². The Morgan fingerprint density at radius 3 is 1.29 bits per heavy atom. The summed E-state index contributed by atoms with van der Waals surface area (Å²) in [7, 11) is 0. The van der Waals surface area contributed by atoms with Crippen LogP contribution in [0.2, 0.25) is 0 Å². The van der Waals surface area contributed by atoms with Crippen LogP contribution in [0.4, 0.5) is 26.3 Å². The molecule has 9 rings (SSSR count). The van der Waals surface area contributed by atoms with Crippen molar-refractivity contribution < 1.29 is 26.3 Å². The molecule has 0 spiro atoms. The van der Waals surface area contributed by atoms with Crippen LogP contribution < -0.4 is 0 Å². The van der Waals surface area contributed by atoms with E-state index in [4.69, 9.17) is 0 Å². The van der Waals surface area contributed by atoms with Gasteiger partial charge in [0.05, 0.1) is 56.2 Å². The van der Waals surface area contributed by atoms with Gasteiger partial charge in [-0.2, -0.15) is 31.6 Å². The SMILES string of the molecule is CC(C)(C)c1ccc2c(c1)c1ccccc1n2-c1cc(C#N)ccc1-c1ccc(-c2cc(C(F)(F)F)cc(C(F)(F)F)c2)cc1-n1c2ccccc2c2cc(C(C)(C)C)ccc21. The lowest BCUT2D eigenvalue weighted by molar-refractivity contribution is -0.143. The van der Waals surface area contributed by atoms with E-state index in [0.717, 1.165) is 66.9 Å². The molecule has 0 aliphatic rings. The highest BCUT2D eigenvalue weighted by Gasteiger charge is 2.37. The first-order valence-corrected chi connectivity index (χ1v) is 20.3. The summed E-state index contributed by atoms with van der Waals surface area (Å²) in [5.74, 6) is 0. The Labute approximate surface area is 355 Å². The van der Waals surface area contributed by atoms with Crippen molar-refractivity contribution in [1.82, 2.24) is 9.13 Å². The van der Waals surface area contributed by atoms with Gasteiger partial charge in [-0.25, -0.2) is 0 Å². The Morgan fingerprint density at radius 2 is 0.839 bits per heavy atom. The van der Waals surface area contributed by atoms with Crippen molar-refractivity contribution in [2.24, 2.45) is 0 Å². The first-order chi connectivity index (χ1) is 29.2. The monoisotopic (exact) mass is 833 g/mol. The van der Waals surface area contributed by atoms with Crippen molar-refractivity contribution >= 4 is 43.6 Å². The number of nitrogens with zero attached hydrogens (tertiary/aromatic N) is 3. The quantitative estimate of drug-likeness (QED) is 0.163. The summed E-state index contributed by atoms with van der Waals surface area (Å²) in [4.78, 5) is 0. The summed E-state index contributed by atoms with van der Waals surface area (Å²) >= 11 is 0. The van der Waals surface area contributed by atoms with Gasteiger partial charge >= 0.3 is 12.4 Å². The van der Waals surface area contributed by atoms with Crippen molar-refractivity contribution in [1.29, 1.82) is 5.26 Å². The van der Waals surface area contributed by atoms with Crippen LogP contribution in [0.5, 0.6) is 0 Å². The van der Waals surface area contributed by atoms with E-state index < -0.39 is 23.5 Å². The summed E-state index contributed by atoms with van der Waals surface area (Å²) in [5, 5.41) is 14.2. The van der Waals surface area contributed by atoms with Crippen molar-refractivity contribution in [3.05, 3.63) is 167 Å². The van der Waals surface area contributed by atoms with E-state index in [9.17, 15) is 31.6 Å². The van der Waals surface area contributed by atoms with Gasteiger partial charge in [-0.15, -0.1) is 0 Å². The molecule has 0 saturated carbocycles. The predicted octanol–water partition coefficient (Wildman–Crippen LogP) is 15.7. The topological polar surface area (TPSA) is 33.6 Å². The molecule has 7 aromatic carbocycles.